The van der Waals surface area contributed by atoms with Crippen LogP contribution in [0.25, 0.3) is 10.8 Å². The molecule has 3 aromatic carbocycles. The van der Waals surface area contributed by atoms with Gasteiger partial charge in [-0.3, -0.25) is 9.69 Å². The quantitative estimate of drug-likeness (QED) is 0.417. The van der Waals surface area contributed by atoms with Gasteiger partial charge in [0.15, 0.2) is 16.7 Å². The molecule has 1 heterocycles. The number of amides is 1. The Labute approximate surface area is 185 Å². The lowest BCUT2D eigenvalue weighted by atomic mass is 10.0. The van der Waals surface area contributed by atoms with E-state index in [-0.39, 0.29) is 11.2 Å². The Morgan fingerprint density at radius 2 is 1.81 bits per heavy atom. The Balaban J connectivity index is 1.59. The first-order valence-corrected chi connectivity index (χ1v) is 10.8. The number of carbonyl (C=O) groups is 1. The van der Waals surface area contributed by atoms with E-state index in [1.165, 1.54) is 11.8 Å². The van der Waals surface area contributed by atoms with Crippen LogP contribution < -0.4 is 9.47 Å². The van der Waals surface area contributed by atoms with Crippen molar-refractivity contribution in [2.45, 2.75) is 18.7 Å². The fourth-order valence-electron chi connectivity index (χ4n) is 3.49. The summed E-state index contributed by atoms with van der Waals surface area (Å²) in [6, 6.07) is 19.8. The van der Waals surface area contributed by atoms with Gasteiger partial charge in [0.25, 0.3) is 0 Å². The van der Waals surface area contributed by atoms with Crippen molar-refractivity contribution >= 4 is 39.8 Å². The Morgan fingerprint density at radius 3 is 2.61 bits per heavy atom. The minimum atomic E-state index is -0.190. The second-order valence-corrected chi connectivity index (χ2v) is 8.37. The molecule has 0 N–H and O–H groups in total. The molecule has 1 fully saturated rings. The van der Waals surface area contributed by atoms with Gasteiger partial charge in [0.1, 0.15) is 0 Å². The molecule has 6 nitrogen and oxygen atoms in total. The number of methoxy groups -OCH3 is 2. The normalized spacial score (nSPS) is 17.8. The van der Waals surface area contributed by atoms with E-state index in [0.717, 1.165) is 21.9 Å². The van der Waals surface area contributed by atoms with Gasteiger partial charge in [-0.05, 0) is 47.0 Å². The van der Waals surface area contributed by atoms with Crippen molar-refractivity contribution in [2.75, 3.05) is 14.2 Å². The highest BCUT2D eigenvalue weighted by molar-refractivity contribution is 8.15. The molecular formula is C24H23N3O3S. The zero-order valence-electron chi connectivity index (χ0n) is 17.6. The van der Waals surface area contributed by atoms with Crippen LogP contribution in [0.3, 0.4) is 0 Å². The maximum Gasteiger partial charge on any atom is 0.242 e. The van der Waals surface area contributed by atoms with E-state index in [0.29, 0.717) is 23.2 Å². The molecule has 0 radical (unpaired) electrons. The van der Waals surface area contributed by atoms with Crippen LogP contribution in [-0.4, -0.2) is 41.7 Å². The first-order chi connectivity index (χ1) is 15.1. The van der Waals surface area contributed by atoms with Crippen molar-refractivity contribution in [1.29, 1.82) is 0 Å². The van der Waals surface area contributed by atoms with E-state index in [1.54, 1.807) is 25.3 Å². The Morgan fingerprint density at radius 1 is 1.03 bits per heavy atom. The molecule has 0 spiro atoms. The van der Waals surface area contributed by atoms with Crippen LogP contribution in [0.1, 0.15) is 18.1 Å². The molecule has 0 saturated carbocycles. The van der Waals surface area contributed by atoms with E-state index in [2.05, 4.69) is 28.4 Å². The van der Waals surface area contributed by atoms with Gasteiger partial charge < -0.3 is 9.47 Å². The third kappa shape index (κ3) is 4.41. The van der Waals surface area contributed by atoms with E-state index in [4.69, 9.17) is 9.47 Å². The molecule has 3 aromatic rings. The summed E-state index contributed by atoms with van der Waals surface area (Å²) in [7, 11) is 3.18. The molecule has 1 atom stereocenters. The predicted molar refractivity (Wildman–Crippen MR) is 126 cm³/mol. The first-order valence-electron chi connectivity index (χ1n) is 9.88. The lowest BCUT2D eigenvalue weighted by Gasteiger charge is -2.17. The smallest absolute Gasteiger partial charge is 0.242 e. The average molecular weight is 434 g/mol. The SMILES string of the molecule is COc1ccc(/C=N/N=C2\SC(C)C(=O)N2Cc2cccc3ccccc23)cc1OC. The van der Waals surface area contributed by atoms with E-state index in [1.807, 2.05) is 49.4 Å². The van der Waals surface area contributed by atoms with Gasteiger partial charge in [0.2, 0.25) is 5.91 Å². The van der Waals surface area contributed by atoms with Gasteiger partial charge in [0.05, 0.1) is 32.2 Å². The molecule has 7 heteroatoms. The molecule has 0 aromatic heterocycles. The number of benzene rings is 3. The molecule has 158 valence electrons. The summed E-state index contributed by atoms with van der Waals surface area (Å²) in [6.07, 6.45) is 1.64. The summed E-state index contributed by atoms with van der Waals surface area (Å²) in [4.78, 5) is 14.5. The molecule has 4 rings (SSSR count). The molecule has 0 aliphatic carbocycles. The summed E-state index contributed by atoms with van der Waals surface area (Å²) in [6.45, 7) is 2.35. The van der Waals surface area contributed by atoms with Crippen molar-refractivity contribution in [3.8, 4) is 11.5 Å². The predicted octanol–water partition coefficient (Wildman–Crippen LogP) is 4.71. The van der Waals surface area contributed by atoms with Crippen molar-refractivity contribution in [1.82, 2.24) is 4.90 Å². The van der Waals surface area contributed by atoms with Crippen LogP contribution in [0.2, 0.25) is 0 Å². The Hall–Kier alpha value is -3.32. The monoisotopic (exact) mass is 433 g/mol. The highest BCUT2D eigenvalue weighted by Gasteiger charge is 2.35. The second-order valence-electron chi connectivity index (χ2n) is 7.06. The first kappa shape index (κ1) is 20.9. The Kier molecular flexibility index (Phi) is 6.23. The molecule has 1 aliphatic heterocycles. The molecule has 1 saturated heterocycles. The minimum Gasteiger partial charge on any atom is -0.493 e. The van der Waals surface area contributed by atoms with Gasteiger partial charge in [-0.25, -0.2) is 0 Å². The van der Waals surface area contributed by atoms with Gasteiger partial charge >= 0.3 is 0 Å². The highest BCUT2D eigenvalue weighted by atomic mass is 32.2. The number of amidine groups is 1. The number of ether oxygens (including phenoxy) is 2. The maximum absolute atomic E-state index is 12.8. The zero-order valence-corrected chi connectivity index (χ0v) is 18.4. The van der Waals surface area contributed by atoms with Crippen LogP contribution in [-0.2, 0) is 11.3 Å². The largest absolute Gasteiger partial charge is 0.493 e. The lowest BCUT2D eigenvalue weighted by molar-refractivity contribution is -0.126. The maximum atomic E-state index is 12.8. The van der Waals surface area contributed by atoms with Crippen molar-refractivity contribution in [3.05, 3.63) is 71.8 Å². The van der Waals surface area contributed by atoms with Crippen molar-refractivity contribution < 1.29 is 14.3 Å². The van der Waals surface area contributed by atoms with Gasteiger partial charge in [0, 0.05) is 0 Å². The summed E-state index contributed by atoms with van der Waals surface area (Å²) in [5.74, 6) is 1.31. The number of rotatable bonds is 6. The molecule has 31 heavy (non-hydrogen) atoms. The number of hydrogen-bond acceptors (Lipinski definition) is 6. The van der Waals surface area contributed by atoms with E-state index >= 15 is 0 Å². The third-order valence-corrected chi connectivity index (χ3v) is 6.16. The number of thioether (sulfide) groups is 1. The van der Waals surface area contributed by atoms with Crippen LogP contribution in [0.4, 0.5) is 0 Å². The summed E-state index contributed by atoms with van der Waals surface area (Å²) >= 11 is 1.42. The molecule has 0 bridgehead atoms. The number of carbonyl (C=O) groups excluding carboxylic acids is 1. The number of hydrogen-bond donors (Lipinski definition) is 0. The summed E-state index contributed by atoms with van der Waals surface area (Å²) in [5.41, 5.74) is 1.91. The van der Waals surface area contributed by atoms with Crippen LogP contribution in [0.15, 0.2) is 70.9 Å². The molecule has 1 amide bonds. The summed E-state index contributed by atoms with van der Waals surface area (Å²) < 4.78 is 10.6. The van der Waals surface area contributed by atoms with E-state index < -0.39 is 0 Å². The average Bonchev–Trinajstić information content (AvgIpc) is 3.06. The van der Waals surface area contributed by atoms with Crippen LogP contribution in [0, 0.1) is 0 Å². The lowest BCUT2D eigenvalue weighted by Crippen LogP contribution is -2.30. The molecular weight excluding hydrogens is 410 g/mol. The minimum absolute atomic E-state index is 0.0398. The highest BCUT2D eigenvalue weighted by Crippen LogP contribution is 2.30. The van der Waals surface area contributed by atoms with Crippen LogP contribution >= 0.6 is 11.8 Å². The number of nitrogens with zero attached hydrogens (tertiary/aromatic N) is 3. The molecule has 1 unspecified atom stereocenters. The van der Waals surface area contributed by atoms with Crippen LogP contribution in [0.5, 0.6) is 11.5 Å². The van der Waals surface area contributed by atoms with Gasteiger partial charge in [-0.15, -0.1) is 5.10 Å². The summed E-state index contributed by atoms with van der Waals surface area (Å²) in [5, 5.41) is 11.3. The third-order valence-electron chi connectivity index (χ3n) is 5.09. The topological polar surface area (TPSA) is 63.5 Å². The Bertz CT molecular complexity index is 1170. The van der Waals surface area contributed by atoms with Crippen molar-refractivity contribution in [3.63, 3.8) is 0 Å². The van der Waals surface area contributed by atoms with E-state index in [9.17, 15) is 4.79 Å². The van der Waals surface area contributed by atoms with Gasteiger partial charge in [-0.1, -0.05) is 54.2 Å². The fourth-order valence-corrected chi connectivity index (χ4v) is 4.41. The zero-order chi connectivity index (χ0) is 21.8. The molecule has 1 aliphatic rings. The number of fused-ring (bicyclic) bond motifs is 1. The second kappa shape index (κ2) is 9.22. The van der Waals surface area contributed by atoms with Crippen molar-refractivity contribution in [2.24, 2.45) is 10.2 Å². The standard InChI is InChI=1S/C24H23N3O3S/c1-16-23(28)27(15-19-9-6-8-18-7-4-5-10-20(18)19)24(31-16)26-25-14-17-11-12-21(29-2)22(13-17)30-3/h4-14,16H,15H2,1-3H3/b25-14+,26-24-. The van der Waals surface area contributed by atoms with Gasteiger partial charge in [-0.2, -0.15) is 5.10 Å². The fraction of sp³-hybridized carbons (Fsp3) is 0.208.